The van der Waals surface area contributed by atoms with Gasteiger partial charge in [-0.05, 0) is 19.8 Å². The Kier molecular flexibility index (Phi) is 6.04. The molecule has 1 aliphatic heterocycles. The molecule has 0 aliphatic carbocycles. The van der Waals surface area contributed by atoms with Crippen molar-refractivity contribution < 1.29 is 19.0 Å². The first-order chi connectivity index (χ1) is 13.4. The minimum Gasteiger partial charge on any atom is -0.455 e. The molecule has 1 saturated heterocycles. The molecule has 2 atom stereocenters. The average Bonchev–Trinajstić information content (AvgIpc) is 3.23. The standard InChI is InChI=1S/C15H20N6O6S/c1-3-25-14(22)20(2)7-26-12-10-11(18-13(16)19-12)21(15(23)28-10)9-5-4-8(27-9)6-17-24/h8-9H,3-7H2,1-2H3,(H2,16,18,19). The third kappa shape index (κ3) is 4.04. The molecule has 0 aromatic carbocycles. The van der Waals surface area contributed by atoms with Crippen molar-refractivity contribution in [2.24, 2.45) is 5.18 Å². The summed E-state index contributed by atoms with van der Waals surface area (Å²) in [5.74, 6) is 0.000506. The van der Waals surface area contributed by atoms with Crippen LogP contribution in [0.15, 0.2) is 9.97 Å². The monoisotopic (exact) mass is 412 g/mol. The number of ether oxygens (including phenoxy) is 3. The Morgan fingerprint density at radius 2 is 2.25 bits per heavy atom. The Labute approximate surface area is 163 Å². The first kappa shape index (κ1) is 19.9. The van der Waals surface area contributed by atoms with Gasteiger partial charge in [-0.3, -0.25) is 14.3 Å². The molecule has 2 N–H and O–H groups in total. The number of fused-ring (bicyclic) bond motifs is 1. The lowest BCUT2D eigenvalue weighted by molar-refractivity contribution is 0.00782. The van der Waals surface area contributed by atoms with Crippen LogP contribution in [0.2, 0.25) is 0 Å². The number of carbonyl (C=O) groups excluding carboxylic acids is 1. The molecule has 3 rings (SSSR count). The SMILES string of the molecule is CCOC(=O)N(C)COc1nc(N)nc2c1sc(=O)n2C1CCC(CN=O)O1. The highest BCUT2D eigenvalue weighted by molar-refractivity contribution is 7.16. The van der Waals surface area contributed by atoms with Gasteiger partial charge in [0.2, 0.25) is 11.8 Å². The third-order valence-corrected chi connectivity index (χ3v) is 5.01. The van der Waals surface area contributed by atoms with E-state index in [0.717, 1.165) is 11.3 Å². The van der Waals surface area contributed by atoms with E-state index in [1.54, 1.807) is 6.92 Å². The number of hydrogen-bond donors (Lipinski definition) is 1. The zero-order valence-corrected chi connectivity index (χ0v) is 16.2. The van der Waals surface area contributed by atoms with Crippen LogP contribution in [0.3, 0.4) is 0 Å². The predicted octanol–water partition coefficient (Wildman–Crippen LogP) is 1.30. The number of anilines is 1. The van der Waals surface area contributed by atoms with Crippen molar-refractivity contribution in [3.8, 4) is 5.88 Å². The van der Waals surface area contributed by atoms with Gasteiger partial charge in [0, 0.05) is 7.05 Å². The lowest BCUT2D eigenvalue weighted by atomic mass is 10.2. The van der Waals surface area contributed by atoms with Gasteiger partial charge in [-0.25, -0.2) is 4.79 Å². The summed E-state index contributed by atoms with van der Waals surface area (Å²) in [5.41, 5.74) is 6.05. The Hall–Kier alpha value is -2.80. The van der Waals surface area contributed by atoms with E-state index in [1.807, 2.05) is 0 Å². The number of hydrogen-bond acceptors (Lipinski definition) is 11. The maximum absolute atomic E-state index is 12.6. The second-order valence-electron chi connectivity index (χ2n) is 6.05. The summed E-state index contributed by atoms with van der Waals surface area (Å²) in [7, 11) is 1.50. The minimum atomic E-state index is -0.572. The molecule has 0 bridgehead atoms. The summed E-state index contributed by atoms with van der Waals surface area (Å²) in [4.78, 5) is 43.8. The van der Waals surface area contributed by atoms with Crippen LogP contribution in [0, 0.1) is 4.91 Å². The van der Waals surface area contributed by atoms with Crippen molar-refractivity contribution >= 4 is 33.7 Å². The molecule has 3 heterocycles. The highest BCUT2D eigenvalue weighted by Gasteiger charge is 2.31. The maximum atomic E-state index is 12.6. The van der Waals surface area contributed by atoms with Gasteiger partial charge in [0.15, 0.2) is 12.4 Å². The van der Waals surface area contributed by atoms with Crippen LogP contribution < -0.4 is 15.3 Å². The lowest BCUT2D eigenvalue weighted by Crippen LogP contribution is -2.31. The van der Waals surface area contributed by atoms with Crippen LogP contribution in [0.5, 0.6) is 5.88 Å². The number of nitrogens with zero attached hydrogens (tertiary/aromatic N) is 5. The topological polar surface area (TPSA) is 151 Å². The molecule has 1 aliphatic rings. The fraction of sp³-hybridized carbons (Fsp3) is 0.600. The van der Waals surface area contributed by atoms with Crippen LogP contribution in [-0.2, 0) is 9.47 Å². The van der Waals surface area contributed by atoms with Gasteiger partial charge in [0.05, 0.1) is 12.7 Å². The van der Waals surface area contributed by atoms with E-state index in [0.29, 0.717) is 17.5 Å². The van der Waals surface area contributed by atoms with Crippen molar-refractivity contribution in [2.45, 2.75) is 32.1 Å². The number of aromatic nitrogens is 3. The van der Waals surface area contributed by atoms with Crippen molar-refractivity contribution in [1.29, 1.82) is 0 Å². The highest BCUT2D eigenvalue weighted by atomic mass is 32.1. The Bertz CT molecular complexity index is 930. The minimum absolute atomic E-state index is 0.0268. The number of carbonyl (C=O) groups is 1. The van der Waals surface area contributed by atoms with E-state index in [1.165, 1.54) is 16.5 Å². The van der Waals surface area contributed by atoms with E-state index < -0.39 is 12.3 Å². The first-order valence-electron chi connectivity index (χ1n) is 8.58. The third-order valence-electron chi connectivity index (χ3n) is 4.07. The number of nitrogens with two attached hydrogens (primary N) is 1. The Morgan fingerprint density at radius 1 is 1.46 bits per heavy atom. The average molecular weight is 412 g/mol. The molecular formula is C15H20N6O6S. The Morgan fingerprint density at radius 3 is 2.96 bits per heavy atom. The molecular weight excluding hydrogens is 392 g/mol. The number of rotatable bonds is 7. The van der Waals surface area contributed by atoms with E-state index in [4.69, 9.17) is 19.9 Å². The van der Waals surface area contributed by atoms with Gasteiger partial charge in [-0.15, -0.1) is 0 Å². The smallest absolute Gasteiger partial charge is 0.412 e. The summed E-state index contributed by atoms with van der Waals surface area (Å²) in [6.07, 6.45) is -0.318. The molecule has 1 fully saturated rings. The molecule has 152 valence electrons. The van der Waals surface area contributed by atoms with E-state index in [2.05, 4.69) is 15.1 Å². The van der Waals surface area contributed by atoms with Crippen LogP contribution in [0.25, 0.3) is 10.3 Å². The predicted molar refractivity (Wildman–Crippen MR) is 100 cm³/mol. The molecule has 28 heavy (non-hydrogen) atoms. The lowest BCUT2D eigenvalue weighted by Gasteiger charge is -2.17. The molecule has 1 amide bonds. The van der Waals surface area contributed by atoms with Crippen LogP contribution in [0.1, 0.15) is 26.0 Å². The second kappa shape index (κ2) is 8.48. The summed E-state index contributed by atoms with van der Waals surface area (Å²) < 4.78 is 18.0. The number of nitroso groups, excluding NO2 is 1. The molecule has 2 aromatic heterocycles. The van der Waals surface area contributed by atoms with Gasteiger partial charge >= 0.3 is 11.0 Å². The molecule has 0 spiro atoms. The molecule has 0 radical (unpaired) electrons. The summed E-state index contributed by atoms with van der Waals surface area (Å²) in [6, 6.07) is 0. The zero-order valence-electron chi connectivity index (χ0n) is 15.4. The molecule has 2 aromatic rings. The van der Waals surface area contributed by atoms with Gasteiger partial charge in [-0.1, -0.05) is 16.5 Å². The van der Waals surface area contributed by atoms with E-state index >= 15 is 0 Å². The molecule has 13 heteroatoms. The first-order valence-corrected chi connectivity index (χ1v) is 9.40. The van der Waals surface area contributed by atoms with Crippen LogP contribution in [0.4, 0.5) is 10.7 Å². The van der Waals surface area contributed by atoms with Gasteiger partial charge in [-0.2, -0.15) is 14.9 Å². The zero-order chi connectivity index (χ0) is 20.3. The Balaban J connectivity index is 1.87. The van der Waals surface area contributed by atoms with E-state index in [-0.39, 0.29) is 48.3 Å². The van der Waals surface area contributed by atoms with Crippen LogP contribution >= 0.6 is 11.3 Å². The van der Waals surface area contributed by atoms with Gasteiger partial charge in [0.25, 0.3) is 0 Å². The van der Waals surface area contributed by atoms with Gasteiger partial charge in [0.1, 0.15) is 17.5 Å². The molecule has 12 nitrogen and oxygen atoms in total. The van der Waals surface area contributed by atoms with Crippen molar-refractivity contribution in [3.05, 3.63) is 14.6 Å². The summed E-state index contributed by atoms with van der Waals surface area (Å²) >= 11 is 0.888. The number of amides is 1. The normalized spacial score (nSPS) is 18.9. The quantitative estimate of drug-likeness (QED) is 0.524. The summed E-state index contributed by atoms with van der Waals surface area (Å²) in [5, 5.41) is 2.85. The van der Waals surface area contributed by atoms with E-state index in [9.17, 15) is 14.5 Å². The van der Waals surface area contributed by atoms with Crippen molar-refractivity contribution in [2.75, 3.05) is 32.7 Å². The second-order valence-corrected chi connectivity index (χ2v) is 7.01. The van der Waals surface area contributed by atoms with Crippen LogP contribution in [-0.4, -0.2) is 58.6 Å². The largest absolute Gasteiger partial charge is 0.455 e. The van der Waals surface area contributed by atoms with Crippen molar-refractivity contribution in [3.63, 3.8) is 0 Å². The van der Waals surface area contributed by atoms with Gasteiger partial charge < -0.3 is 19.9 Å². The van der Waals surface area contributed by atoms with Crippen molar-refractivity contribution in [1.82, 2.24) is 19.4 Å². The fourth-order valence-corrected chi connectivity index (χ4v) is 3.70. The maximum Gasteiger partial charge on any atom is 0.412 e. The number of thiazole rings is 1. The highest BCUT2D eigenvalue weighted by Crippen LogP contribution is 2.33. The molecule has 2 unspecified atom stereocenters. The molecule has 0 saturated carbocycles. The number of nitrogen functional groups attached to an aromatic ring is 1. The fourth-order valence-electron chi connectivity index (χ4n) is 2.80. The summed E-state index contributed by atoms with van der Waals surface area (Å²) in [6.45, 7) is 1.81.